The average Bonchev–Trinajstić information content (AvgIpc) is 2.80. The summed E-state index contributed by atoms with van der Waals surface area (Å²) in [7, 11) is 0. The topological polar surface area (TPSA) is 40.6 Å². The molecule has 2 amide bonds. The van der Waals surface area contributed by atoms with Gasteiger partial charge in [-0.3, -0.25) is 9.59 Å². The van der Waals surface area contributed by atoms with Crippen molar-refractivity contribution in [2.45, 2.75) is 39.0 Å². The predicted octanol–water partition coefficient (Wildman–Crippen LogP) is 2.62. The minimum Gasteiger partial charge on any atom is -0.341 e. The lowest BCUT2D eigenvalue weighted by molar-refractivity contribution is -0.133. The number of rotatable bonds is 5. The summed E-state index contributed by atoms with van der Waals surface area (Å²) in [5.74, 6) is 0.0386. The highest BCUT2D eigenvalue weighted by Gasteiger charge is 2.21. The van der Waals surface area contributed by atoms with Crippen LogP contribution in [-0.2, 0) is 16.0 Å². The molecule has 0 aliphatic carbocycles. The monoisotopic (exact) mass is 320 g/mol. The molecule has 0 bridgehead atoms. The maximum Gasteiger partial charge on any atom is 0.222 e. The third-order valence-electron chi connectivity index (χ3n) is 4.21. The van der Waals surface area contributed by atoms with Gasteiger partial charge >= 0.3 is 0 Å². The van der Waals surface area contributed by atoms with Gasteiger partial charge in [-0.25, -0.2) is 4.39 Å². The second-order valence-corrected chi connectivity index (χ2v) is 5.99. The Kier molecular flexibility index (Phi) is 6.56. The lowest BCUT2D eigenvalue weighted by Crippen LogP contribution is -2.37. The van der Waals surface area contributed by atoms with Crippen molar-refractivity contribution in [3.63, 3.8) is 0 Å². The van der Waals surface area contributed by atoms with Gasteiger partial charge in [0.25, 0.3) is 0 Å². The first-order valence-electron chi connectivity index (χ1n) is 8.40. The largest absolute Gasteiger partial charge is 0.341 e. The Balaban J connectivity index is 1.81. The molecule has 1 fully saturated rings. The van der Waals surface area contributed by atoms with Gasteiger partial charge in [-0.2, -0.15) is 0 Å². The number of hydrogen-bond acceptors (Lipinski definition) is 2. The van der Waals surface area contributed by atoms with Gasteiger partial charge in [-0.15, -0.1) is 0 Å². The number of amides is 2. The van der Waals surface area contributed by atoms with Gasteiger partial charge in [0.2, 0.25) is 11.8 Å². The van der Waals surface area contributed by atoms with Gasteiger partial charge in [0, 0.05) is 39.0 Å². The van der Waals surface area contributed by atoms with Crippen molar-refractivity contribution in [1.82, 2.24) is 9.80 Å². The van der Waals surface area contributed by atoms with Crippen LogP contribution in [-0.4, -0.2) is 47.8 Å². The van der Waals surface area contributed by atoms with Crippen LogP contribution in [0.5, 0.6) is 0 Å². The van der Waals surface area contributed by atoms with Gasteiger partial charge in [0.05, 0.1) is 0 Å². The van der Waals surface area contributed by atoms with Crippen LogP contribution in [0.25, 0.3) is 0 Å². The highest BCUT2D eigenvalue weighted by atomic mass is 19.1. The van der Waals surface area contributed by atoms with Crippen LogP contribution in [0.1, 0.15) is 38.2 Å². The van der Waals surface area contributed by atoms with Crippen LogP contribution in [0.2, 0.25) is 0 Å². The molecule has 1 aliphatic rings. The van der Waals surface area contributed by atoms with E-state index in [0.717, 1.165) is 24.9 Å². The van der Waals surface area contributed by atoms with Crippen LogP contribution in [0.4, 0.5) is 4.39 Å². The van der Waals surface area contributed by atoms with E-state index < -0.39 is 0 Å². The van der Waals surface area contributed by atoms with E-state index in [0.29, 0.717) is 38.9 Å². The van der Waals surface area contributed by atoms with Gasteiger partial charge in [0.15, 0.2) is 0 Å². The zero-order valence-electron chi connectivity index (χ0n) is 13.8. The van der Waals surface area contributed by atoms with Crippen molar-refractivity contribution in [1.29, 1.82) is 0 Å². The lowest BCUT2D eigenvalue weighted by Gasteiger charge is -2.22. The van der Waals surface area contributed by atoms with Gasteiger partial charge in [-0.1, -0.05) is 19.1 Å². The van der Waals surface area contributed by atoms with E-state index in [1.54, 1.807) is 12.1 Å². The summed E-state index contributed by atoms with van der Waals surface area (Å²) in [6, 6.07) is 6.28. The van der Waals surface area contributed by atoms with Crippen molar-refractivity contribution < 1.29 is 14.0 Å². The second-order valence-electron chi connectivity index (χ2n) is 5.99. The normalized spacial score (nSPS) is 15.4. The van der Waals surface area contributed by atoms with E-state index in [-0.39, 0.29) is 17.6 Å². The molecule has 5 heteroatoms. The molecular formula is C18H25FN2O2. The molecule has 4 nitrogen and oxygen atoms in total. The number of hydrogen-bond donors (Lipinski definition) is 0. The molecule has 0 atom stereocenters. The van der Waals surface area contributed by atoms with E-state index in [1.807, 2.05) is 16.7 Å². The second kappa shape index (κ2) is 8.65. The summed E-state index contributed by atoms with van der Waals surface area (Å²) in [5.41, 5.74) is 0.967. The molecule has 2 rings (SSSR count). The number of nitrogens with zero attached hydrogens (tertiary/aromatic N) is 2. The molecule has 0 unspecified atom stereocenters. The van der Waals surface area contributed by atoms with Crippen molar-refractivity contribution in [2.75, 3.05) is 26.2 Å². The molecule has 0 spiro atoms. The van der Waals surface area contributed by atoms with Crippen molar-refractivity contribution >= 4 is 11.8 Å². The van der Waals surface area contributed by atoms with E-state index in [1.165, 1.54) is 12.1 Å². The van der Waals surface area contributed by atoms with Gasteiger partial charge in [0.1, 0.15) is 5.82 Å². The quantitative estimate of drug-likeness (QED) is 0.837. The summed E-state index contributed by atoms with van der Waals surface area (Å²) < 4.78 is 12.9. The van der Waals surface area contributed by atoms with E-state index >= 15 is 0 Å². The van der Waals surface area contributed by atoms with Crippen LogP contribution < -0.4 is 0 Å². The Morgan fingerprint density at radius 3 is 2.09 bits per heavy atom. The maximum atomic E-state index is 12.9. The first-order chi connectivity index (χ1) is 11.1. The Bertz CT molecular complexity index is 530. The van der Waals surface area contributed by atoms with Crippen molar-refractivity contribution in [2.24, 2.45) is 0 Å². The Hall–Kier alpha value is -1.91. The number of carbonyl (C=O) groups excluding carboxylic acids is 2. The average molecular weight is 320 g/mol. The third kappa shape index (κ3) is 5.34. The van der Waals surface area contributed by atoms with E-state index in [4.69, 9.17) is 0 Å². The van der Waals surface area contributed by atoms with Gasteiger partial charge < -0.3 is 9.80 Å². The smallest absolute Gasteiger partial charge is 0.222 e. The van der Waals surface area contributed by atoms with Gasteiger partial charge in [-0.05, 0) is 37.0 Å². The summed E-state index contributed by atoms with van der Waals surface area (Å²) in [6.07, 6.45) is 3.31. The minimum absolute atomic E-state index is 0.110. The SMILES string of the molecule is CCCC(=O)N1CCCN(C(=O)CCc2ccc(F)cc2)CC1. The fraction of sp³-hybridized carbons (Fsp3) is 0.556. The molecule has 1 aromatic rings. The first-order valence-corrected chi connectivity index (χ1v) is 8.40. The lowest BCUT2D eigenvalue weighted by atomic mass is 10.1. The Morgan fingerprint density at radius 1 is 0.957 bits per heavy atom. The van der Waals surface area contributed by atoms with Crippen molar-refractivity contribution in [3.05, 3.63) is 35.6 Å². The van der Waals surface area contributed by atoms with E-state index in [9.17, 15) is 14.0 Å². The highest BCUT2D eigenvalue weighted by Crippen LogP contribution is 2.10. The van der Waals surface area contributed by atoms with Crippen LogP contribution in [0.3, 0.4) is 0 Å². The zero-order chi connectivity index (χ0) is 16.7. The standard InChI is InChI=1S/C18H25FN2O2/c1-2-4-17(22)20-11-3-12-21(14-13-20)18(23)10-7-15-5-8-16(19)9-6-15/h5-6,8-9H,2-4,7,10-14H2,1H3. The minimum atomic E-state index is -0.260. The molecule has 1 saturated heterocycles. The molecule has 0 aromatic heterocycles. The Labute approximate surface area is 137 Å². The van der Waals surface area contributed by atoms with Crippen LogP contribution in [0, 0.1) is 5.82 Å². The maximum absolute atomic E-state index is 12.9. The number of benzene rings is 1. The molecule has 1 aliphatic heterocycles. The molecule has 126 valence electrons. The van der Waals surface area contributed by atoms with Crippen LogP contribution >= 0.6 is 0 Å². The predicted molar refractivity (Wildman–Crippen MR) is 87.4 cm³/mol. The summed E-state index contributed by atoms with van der Waals surface area (Å²) in [6.45, 7) is 4.68. The molecule has 0 radical (unpaired) electrons. The molecule has 0 N–H and O–H groups in total. The molecule has 1 aromatic carbocycles. The van der Waals surface area contributed by atoms with E-state index in [2.05, 4.69) is 0 Å². The zero-order valence-corrected chi connectivity index (χ0v) is 13.8. The number of carbonyl (C=O) groups is 2. The third-order valence-corrected chi connectivity index (χ3v) is 4.21. The Morgan fingerprint density at radius 2 is 1.52 bits per heavy atom. The number of aryl methyl sites for hydroxylation is 1. The molecule has 23 heavy (non-hydrogen) atoms. The fourth-order valence-electron chi connectivity index (χ4n) is 2.85. The summed E-state index contributed by atoms with van der Waals surface area (Å²) in [5, 5.41) is 0. The summed E-state index contributed by atoms with van der Waals surface area (Å²) in [4.78, 5) is 28.0. The first kappa shape index (κ1) is 17.4. The fourth-order valence-corrected chi connectivity index (χ4v) is 2.85. The molecule has 0 saturated carbocycles. The summed E-state index contributed by atoms with van der Waals surface area (Å²) >= 11 is 0. The van der Waals surface area contributed by atoms with Crippen LogP contribution in [0.15, 0.2) is 24.3 Å². The van der Waals surface area contributed by atoms with Crippen molar-refractivity contribution in [3.8, 4) is 0 Å². The highest BCUT2D eigenvalue weighted by molar-refractivity contribution is 5.78. The molecule has 1 heterocycles. The molecular weight excluding hydrogens is 295 g/mol. The number of halogens is 1.